The van der Waals surface area contributed by atoms with Gasteiger partial charge in [0.15, 0.2) is 0 Å². The number of carbonyl (C=O) groups is 2. The van der Waals surface area contributed by atoms with Gasteiger partial charge in [-0.05, 0) is 62.6 Å². The van der Waals surface area contributed by atoms with Crippen LogP contribution in [0.4, 0.5) is 11.5 Å². The lowest BCUT2D eigenvalue weighted by Gasteiger charge is -2.23. The summed E-state index contributed by atoms with van der Waals surface area (Å²) in [6.45, 7) is 4.71. The largest absolute Gasteiger partial charge is 0.478 e. The number of nitrogens with one attached hydrogen (secondary N) is 1. The van der Waals surface area contributed by atoms with Gasteiger partial charge in [0, 0.05) is 23.3 Å². The van der Waals surface area contributed by atoms with E-state index in [9.17, 15) is 9.59 Å². The number of halogens is 1. The molecule has 1 saturated heterocycles. The Balaban J connectivity index is 1.83. The molecule has 1 aromatic carbocycles. The van der Waals surface area contributed by atoms with Crippen LogP contribution in [0.5, 0.6) is 0 Å². The molecule has 2 heterocycles. The second-order valence-electron chi connectivity index (χ2n) is 6.50. The van der Waals surface area contributed by atoms with E-state index in [-0.39, 0.29) is 17.2 Å². The average Bonchev–Trinajstić information content (AvgIpc) is 3.00. The highest BCUT2D eigenvalue weighted by molar-refractivity contribution is 6.31. The molecule has 0 saturated carbocycles. The van der Waals surface area contributed by atoms with Gasteiger partial charge in [-0.1, -0.05) is 11.6 Å². The topological polar surface area (TPSA) is 82.5 Å². The van der Waals surface area contributed by atoms with Crippen LogP contribution in [-0.4, -0.2) is 34.6 Å². The molecule has 0 bridgehead atoms. The van der Waals surface area contributed by atoms with E-state index < -0.39 is 5.97 Å². The number of nitrogens with zero attached hydrogens (tertiary/aromatic N) is 2. The third-order valence-corrected chi connectivity index (χ3v) is 4.79. The van der Waals surface area contributed by atoms with Gasteiger partial charge in [-0.25, -0.2) is 9.78 Å². The van der Waals surface area contributed by atoms with E-state index in [1.54, 1.807) is 25.1 Å². The summed E-state index contributed by atoms with van der Waals surface area (Å²) in [6, 6.07) is 8.31. The zero-order valence-corrected chi connectivity index (χ0v) is 15.4. The zero-order valence-electron chi connectivity index (χ0n) is 14.6. The van der Waals surface area contributed by atoms with Crippen LogP contribution < -0.4 is 10.2 Å². The van der Waals surface area contributed by atoms with Crippen molar-refractivity contribution in [3.8, 4) is 0 Å². The highest BCUT2D eigenvalue weighted by Crippen LogP contribution is 2.27. The van der Waals surface area contributed by atoms with Crippen LogP contribution in [0.25, 0.3) is 0 Å². The first-order valence-corrected chi connectivity index (χ1v) is 8.82. The SMILES string of the molecule is Cc1cc(NC(=O)c2cc(Cl)cc(N3CCC[C@H]3C)n2)ccc1C(=O)O. The Hall–Kier alpha value is -2.60. The molecule has 136 valence electrons. The van der Waals surface area contributed by atoms with Gasteiger partial charge in [0.1, 0.15) is 11.5 Å². The number of carboxylic acid groups (broad SMARTS) is 1. The molecule has 0 aliphatic carbocycles. The van der Waals surface area contributed by atoms with Crippen molar-refractivity contribution < 1.29 is 14.7 Å². The first kappa shape index (κ1) is 18.2. The number of carboxylic acids is 1. The van der Waals surface area contributed by atoms with E-state index in [1.807, 2.05) is 0 Å². The van der Waals surface area contributed by atoms with Crippen LogP contribution in [0, 0.1) is 6.92 Å². The monoisotopic (exact) mass is 373 g/mol. The van der Waals surface area contributed by atoms with Crippen molar-refractivity contribution in [2.75, 3.05) is 16.8 Å². The molecule has 1 amide bonds. The summed E-state index contributed by atoms with van der Waals surface area (Å²) in [5, 5.41) is 12.3. The maximum Gasteiger partial charge on any atom is 0.335 e. The number of aromatic carboxylic acids is 1. The predicted octanol–water partition coefficient (Wildman–Crippen LogP) is 3.98. The molecule has 1 fully saturated rings. The second kappa shape index (κ2) is 7.33. The molecule has 1 aliphatic rings. The quantitative estimate of drug-likeness (QED) is 0.846. The van der Waals surface area contributed by atoms with Crippen LogP contribution >= 0.6 is 11.6 Å². The molecular formula is C19H20ClN3O3. The van der Waals surface area contributed by atoms with Crippen LogP contribution in [0.15, 0.2) is 30.3 Å². The molecule has 1 atom stereocenters. The summed E-state index contributed by atoms with van der Waals surface area (Å²) >= 11 is 6.19. The van der Waals surface area contributed by atoms with E-state index >= 15 is 0 Å². The van der Waals surface area contributed by atoms with Crippen molar-refractivity contribution in [3.05, 3.63) is 52.2 Å². The Morgan fingerprint density at radius 2 is 2.08 bits per heavy atom. The van der Waals surface area contributed by atoms with E-state index in [2.05, 4.69) is 22.1 Å². The van der Waals surface area contributed by atoms with Gasteiger partial charge < -0.3 is 15.3 Å². The Bertz CT molecular complexity index is 869. The van der Waals surface area contributed by atoms with Crippen LogP contribution in [-0.2, 0) is 0 Å². The van der Waals surface area contributed by atoms with E-state index in [0.29, 0.717) is 28.1 Å². The number of amides is 1. The number of rotatable bonds is 4. The summed E-state index contributed by atoms with van der Waals surface area (Å²) < 4.78 is 0. The van der Waals surface area contributed by atoms with E-state index in [4.69, 9.17) is 16.7 Å². The van der Waals surface area contributed by atoms with Crippen molar-refractivity contribution in [1.82, 2.24) is 4.98 Å². The summed E-state index contributed by atoms with van der Waals surface area (Å²) in [6.07, 6.45) is 2.18. The van der Waals surface area contributed by atoms with Gasteiger partial charge >= 0.3 is 5.97 Å². The molecule has 0 spiro atoms. The standard InChI is InChI=1S/C19H20ClN3O3/c1-11-8-14(5-6-15(11)19(25)26)21-18(24)16-9-13(20)10-17(22-16)23-7-3-4-12(23)2/h5-6,8-10,12H,3-4,7H2,1-2H3,(H,21,24)(H,25,26)/t12-/m1/s1. The first-order valence-electron chi connectivity index (χ1n) is 8.44. The number of aryl methyl sites for hydroxylation is 1. The van der Waals surface area contributed by atoms with Gasteiger partial charge in [0.2, 0.25) is 0 Å². The summed E-state index contributed by atoms with van der Waals surface area (Å²) in [4.78, 5) is 30.3. The number of aromatic nitrogens is 1. The molecule has 1 aromatic heterocycles. The lowest BCUT2D eigenvalue weighted by molar-refractivity contribution is 0.0696. The highest BCUT2D eigenvalue weighted by Gasteiger charge is 2.23. The lowest BCUT2D eigenvalue weighted by atomic mass is 10.1. The van der Waals surface area contributed by atoms with Crippen LogP contribution in [0.3, 0.4) is 0 Å². The Morgan fingerprint density at radius 3 is 2.69 bits per heavy atom. The third-order valence-electron chi connectivity index (χ3n) is 4.57. The normalized spacial score (nSPS) is 16.6. The molecule has 0 radical (unpaired) electrons. The summed E-state index contributed by atoms with van der Waals surface area (Å²) in [5.74, 6) is -0.686. The van der Waals surface area contributed by atoms with Crippen molar-refractivity contribution in [2.45, 2.75) is 32.7 Å². The molecule has 0 unspecified atom stereocenters. The van der Waals surface area contributed by atoms with Crippen molar-refractivity contribution >= 4 is 35.0 Å². The highest BCUT2D eigenvalue weighted by atomic mass is 35.5. The van der Waals surface area contributed by atoms with Crippen molar-refractivity contribution in [2.24, 2.45) is 0 Å². The molecule has 1 aliphatic heterocycles. The minimum Gasteiger partial charge on any atom is -0.478 e. The Labute approximate surface area is 156 Å². The number of hydrogen-bond acceptors (Lipinski definition) is 4. The van der Waals surface area contributed by atoms with Crippen LogP contribution in [0.1, 0.15) is 46.2 Å². The van der Waals surface area contributed by atoms with Crippen LogP contribution in [0.2, 0.25) is 5.02 Å². The van der Waals surface area contributed by atoms with Gasteiger partial charge in [-0.3, -0.25) is 4.79 Å². The average molecular weight is 374 g/mol. The van der Waals surface area contributed by atoms with Crippen molar-refractivity contribution in [1.29, 1.82) is 0 Å². The second-order valence-corrected chi connectivity index (χ2v) is 6.94. The third kappa shape index (κ3) is 3.80. The molecule has 7 heteroatoms. The Morgan fingerprint density at radius 1 is 1.31 bits per heavy atom. The smallest absolute Gasteiger partial charge is 0.335 e. The molecule has 3 rings (SSSR count). The van der Waals surface area contributed by atoms with Crippen molar-refractivity contribution in [3.63, 3.8) is 0 Å². The van der Waals surface area contributed by atoms with Gasteiger partial charge in [0.05, 0.1) is 5.56 Å². The number of anilines is 2. The minimum atomic E-state index is -0.999. The van der Waals surface area contributed by atoms with Gasteiger partial charge in [-0.15, -0.1) is 0 Å². The molecule has 2 aromatic rings. The van der Waals surface area contributed by atoms with Gasteiger partial charge in [-0.2, -0.15) is 0 Å². The molecule has 6 nitrogen and oxygen atoms in total. The molecule has 2 N–H and O–H groups in total. The number of hydrogen-bond donors (Lipinski definition) is 2. The molecule has 26 heavy (non-hydrogen) atoms. The fraction of sp³-hybridized carbons (Fsp3) is 0.316. The Kier molecular flexibility index (Phi) is 5.13. The fourth-order valence-corrected chi connectivity index (χ4v) is 3.40. The number of pyridine rings is 1. The fourth-order valence-electron chi connectivity index (χ4n) is 3.20. The number of benzene rings is 1. The predicted molar refractivity (Wildman–Crippen MR) is 101 cm³/mol. The first-order chi connectivity index (χ1) is 12.3. The maximum atomic E-state index is 12.6. The van der Waals surface area contributed by atoms with E-state index in [0.717, 1.165) is 19.4 Å². The summed E-state index contributed by atoms with van der Waals surface area (Å²) in [5.41, 5.74) is 1.51. The van der Waals surface area contributed by atoms with E-state index in [1.165, 1.54) is 12.1 Å². The zero-order chi connectivity index (χ0) is 18.8. The van der Waals surface area contributed by atoms with Gasteiger partial charge in [0.25, 0.3) is 5.91 Å². The molecular weight excluding hydrogens is 354 g/mol. The maximum absolute atomic E-state index is 12.6. The number of carbonyl (C=O) groups excluding carboxylic acids is 1. The summed E-state index contributed by atoms with van der Waals surface area (Å²) in [7, 11) is 0. The lowest BCUT2D eigenvalue weighted by Crippen LogP contribution is -2.28. The minimum absolute atomic E-state index is 0.203.